The van der Waals surface area contributed by atoms with E-state index < -0.39 is 0 Å². The monoisotopic (exact) mass is 248 g/mol. The minimum absolute atomic E-state index is 0.0227. The molecule has 1 aromatic rings. The first-order valence-electron chi connectivity index (χ1n) is 6.44. The van der Waals surface area contributed by atoms with Gasteiger partial charge in [-0.05, 0) is 30.9 Å². The average molecular weight is 248 g/mol. The molecular weight excluding hydrogens is 228 g/mol. The van der Waals surface area contributed by atoms with Crippen molar-refractivity contribution in [3.05, 3.63) is 29.8 Å². The fraction of sp³-hybridized carbons (Fsp3) is 0.500. The molecule has 1 amide bonds. The van der Waals surface area contributed by atoms with Gasteiger partial charge in [-0.15, -0.1) is 0 Å². The van der Waals surface area contributed by atoms with Crippen LogP contribution in [0.2, 0.25) is 0 Å². The lowest BCUT2D eigenvalue weighted by Crippen LogP contribution is -2.33. The molecular formula is C14H20N2O2. The van der Waals surface area contributed by atoms with Crippen LogP contribution in [0.4, 0.5) is 5.69 Å². The lowest BCUT2D eigenvalue weighted by atomic mass is 10.0. The summed E-state index contributed by atoms with van der Waals surface area (Å²) in [7, 11) is 1.82. The van der Waals surface area contributed by atoms with Crippen LogP contribution in [0.1, 0.15) is 23.2 Å². The predicted molar refractivity (Wildman–Crippen MR) is 71.9 cm³/mol. The quantitative estimate of drug-likeness (QED) is 0.855. The summed E-state index contributed by atoms with van der Waals surface area (Å²) < 4.78 is 5.40. The number of rotatable bonds is 4. The van der Waals surface area contributed by atoms with Crippen LogP contribution in [0.5, 0.6) is 0 Å². The van der Waals surface area contributed by atoms with Crippen LogP contribution in [0.3, 0.4) is 0 Å². The molecule has 0 radical (unpaired) electrons. The van der Waals surface area contributed by atoms with E-state index in [-0.39, 0.29) is 5.91 Å². The maximum Gasteiger partial charge on any atom is 0.253 e. The van der Waals surface area contributed by atoms with Crippen molar-refractivity contribution in [3.63, 3.8) is 0 Å². The third kappa shape index (κ3) is 3.23. The Morgan fingerprint density at radius 2 is 2.28 bits per heavy atom. The average Bonchev–Trinajstić information content (AvgIpc) is 2.45. The van der Waals surface area contributed by atoms with E-state index in [1.54, 1.807) is 0 Å². The van der Waals surface area contributed by atoms with Gasteiger partial charge in [0.2, 0.25) is 0 Å². The predicted octanol–water partition coefficient (Wildman–Crippen LogP) is 1.88. The van der Waals surface area contributed by atoms with Gasteiger partial charge in [-0.1, -0.05) is 12.1 Å². The SMILES string of the molecule is CNc1ccccc1C(=O)NCC1CCCOC1. The normalized spacial score (nSPS) is 19.3. The molecule has 0 aliphatic carbocycles. The van der Waals surface area contributed by atoms with E-state index in [1.807, 2.05) is 31.3 Å². The van der Waals surface area contributed by atoms with Gasteiger partial charge in [0, 0.05) is 25.9 Å². The van der Waals surface area contributed by atoms with Gasteiger partial charge < -0.3 is 15.4 Å². The van der Waals surface area contributed by atoms with Gasteiger partial charge in [0.25, 0.3) is 5.91 Å². The maximum absolute atomic E-state index is 12.1. The fourth-order valence-corrected chi connectivity index (χ4v) is 2.20. The summed E-state index contributed by atoms with van der Waals surface area (Å²) in [6.45, 7) is 2.30. The third-order valence-electron chi connectivity index (χ3n) is 3.25. The highest BCUT2D eigenvalue weighted by atomic mass is 16.5. The van der Waals surface area contributed by atoms with Crippen molar-refractivity contribution in [3.8, 4) is 0 Å². The van der Waals surface area contributed by atoms with E-state index in [0.717, 1.165) is 31.7 Å². The topological polar surface area (TPSA) is 50.4 Å². The second-order valence-corrected chi connectivity index (χ2v) is 4.59. The zero-order valence-electron chi connectivity index (χ0n) is 10.7. The largest absolute Gasteiger partial charge is 0.387 e. The maximum atomic E-state index is 12.1. The van der Waals surface area contributed by atoms with Crippen molar-refractivity contribution in [2.45, 2.75) is 12.8 Å². The van der Waals surface area contributed by atoms with Crippen molar-refractivity contribution in [2.75, 3.05) is 32.1 Å². The van der Waals surface area contributed by atoms with E-state index in [4.69, 9.17) is 4.74 Å². The molecule has 18 heavy (non-hydrogen) atoms. The zero-order chi connectivity index (χ0) is 12.8. The summed E-state index contributed by atoms with van der Waals surface area (Å²) in [6.07, 6.45) is 2.22. The van der Waals surface area contributed by atoms with E-state index >= 15 is 0 Å². The molecule has 4 heteroatoms. The fourth-order valence-electron chi connectivity index (χ4n) is 2.20. The van der Waals surface area contributed by atoms with Crippen molar-refractivity contribution in [2.24, 2.45) is 5.92 Å². The lowest BCUT2D eigenvalue weighted by Gasteiger charge is -2.22. The Balaban J connectivity index is 1.90. The number of ether oxygens (including phenoxy) is 1. The summed E-state index contributed by atoms with van der Waals surface area (Å²) in [6, 6.07) is 7.52. The molecule has 1 aliphatic heterocycles. The van der Waals surface area contributed by atoms with Crippen LogP contribution in [0.15, 0.2) is 24.3 Å². The van der Waals surface area contributed by atoms with Crippen LogP contribution in [0.25, 0.3) is 0 Å². The Morgan fingerprint density at radius 3 is 3.00 bits per heavy atom. The number of hydrogen-bond acceptors (Lipinski definition) is 3. The molecule has 0 aromatic heterocycles. The smallest absolute Gasteiger partial charge is 0.253 e. The standard InChI is InChI=1S/C14H20N2O2/c1-15-13-7-3-2-6-12(13)14(17)16-9-11-5-4-8-18-10-11/h2-3,6-7,11,15H,4-5,8-10H2,1H3,(H,16,17). The molecule has 1 fully saturated rings. The van der Waals surface area contributed by atoms with Gasteiger partial charge in [0.15, 0.2) is 0 Å². The number of carbonyl (C=O) groups is 1. The summed E-state index contributed by atoms with van der Waals surface area (Å²) in [5, 5.41) is 6.01. The van der Waals surface area contributed by atoms with Crippen molar-refractivity contribution in [1.82, 2.24) is 5.32 Å². The highest BCUT2D eigenvalue weighted by molar-refractivity contribution is 5.99. The molecule has 1 atom stereocenters. The van der Waals surface area contributed by atoms with E-state index in [2.05, 4.69) is 10.6 Å². The van der Waals surface area contributed by atoms with Crippen molar-refractivity contribution < 1.29 is 9.53 Å². The molecule has 1 unspecified atom stereocenters. The molecule has 2 rings (SSSR count). The molecule has 0 saturated carbocycles. The highest BCUT2D eigenvalue weighted by Gasteiger charge is 2.16. The molecule has 98 valence electrons. The summed E-state index contributed by atoms with van der Waals surface area (Å²) in [5.74, 6) is 0.426. The number of para-hydroxylation sites is 1. The Morgan fingerprint density at radius 1 is 1.44 bits per heavy atom. The summed E-state index contributed by atoms with van der Waals surface area (Å²) in [5.41, 5.74) is 1.55. The van der Waals surface area contributed by atoms with Gasteiger partial charge in [-0.3, -0.25) is 4.79 Å². The number of nitrogens with one attached hydrogen (secondary N) is 2. The second-order valence-electron chi connectivity index (χ2n) is 4.59. The Hall–Kier alpha value is -1.55. The van der Waals surface area contributed by atoms with Crippen molar-refractivity contribution >= 4 is 11.6 Å². The van der Waals surface area contributed by atoms with E-state index in [1.165, 1.54) is 0 Å². The summed E-state index contributed by atoms with van der Waals surface area (Å²) >= 11 is 0. The number of amides is 1. The number of anilines is 1. The number of hydrogen-bond donors (Lipinski definition) is 2. The van der Waals surface area contributed by atoms with Crippen LogP contribution >= 0.6 is 0 Å². The molecule has 1 heterocycles. The highest BCUT2D eigenvalue weighted by Crippen LogP contribution is 2.15. The Bertz CT molecular complexity index is 401. The first-order valence-corrected chi connectivity index (χ1v) is 6.44. The van der Waals surface area contributed by atoms with Crippen molar-refractivity contribution in [1.29, 1.82) is 0 Å². The molecule has 4 nitrogen and oxygen atoms in total. The molecule has 2 N–H and O–H groups in total. The van der Waals surface area contributed by atoms with Gasteiger partial charge in [-0.2, -0.15) is 0 Å². The van der Waals surface area contributed by atoms with Gasteiger partial charge in [0.1, 0.15) is 0 Å². The van der Waals surface area contributed by atoms with E-state index in [9.17, 15) is 4.79 Å². The lowest BCUT2D eigenvalue weighted by molar-refractivity contribution is 0.0536. The molecule has 1 aliphatic rings. The molecule has 1 aromatic carbocycles. The minimum Gasteiger partial charge on any atom is -0.387 e. The summed E-state index contributed by atoms with van der Waals surface area (Å²) in [4.78, 5) is 12.1. The van der Waals surface area contributed by atoms with Crippen LogP contribution in [-0.2, 0) is 4.74 Å². The number of benzene rings is 1. The number of carbonyl (C=O) groups excluding carboxylic acids is 1. The first-order chi connectivity index (χ1) is 8.81. The Kier molecular flexibility index (Phi) is 4.59. The van der Waals surface area contributed by atoms with Crippen LogP contribution in [0, 0.1) is 5.92 Å². The molecule has 1 saturated heterocycles. The van der Waals surface area contributed by atoms with Gasteiger partial charge >= 0.3 is 0 Å². The van der Waals surface area contributed by atoms with Gasteiger partial charge in [0.05, 0.1) is 12.2 Å². The van der Waals surface area contributed by atoms with E-state index in [0.29, 0.717) is 18.0 Å². The van der Waals surface area contributed by atoms with Gasteiger partial charge in [-0.25, -0.2) is 0 Å². The van der Waals surface area contributed by atoms with Crippen LogP contribution < -0.4 is 10.6 Å². The third-order valence-corrected chi connectivity index (χ3v) is 3.25. The minimum atomic E-state index is -0.0227. The molecule has 0 bridgehead atoms. The second kappa shape index (κ2) is 6.40. The first kappa shape index (κ1) is 12.9. The van der Waals surface area contributed by atoms with Crippen LogP contribution in [-0.4, -0.2) is 32.7 Å². The molecule has 0 spiro atoms. The zero-order valence-corrected chi connectivity index (χ0v) is 10.7. The Labute approximate surface area is 108 Å².